The summed E-state index contributed by atoms with van der Waals surface area (Å²) in [7, 11) is 3.12. The van der Waals surface area contributed by atoms with Crippen LogP contribution in [0.3, 0.4) is 0 Å². The fraction of sp³-hybridized carbons (Fsp3) is 0.250. The zero-order chi connectivity index (χ0) is 9.14. The number of rotatable bonds is 2. The Morgan fingerprint density at radius 3 is 2.42 bits per heavy atom. The van der Waals surface area contributed by atoms with E-state index < -0.39 is 0 Å². The van der Waals surface area contributed by atoms with E-state index in [4.69, 9.17) is 21.1 Å². The molecule has 1 aromatic carbocycles. The molecule has 0 unspecified atom stereocenters. The van der Waals surface area contributed by atoms with Gasteiger partial charge in [0.1, 0.15) is 0 Å². The van der Waals surface area contributed by atoms with Gasteiger partial charge in [0, 0.05) is 11.1 Å². The molecular formula is C8H9ClO2S. The lowest BCUT2D eigenvalue weighted by molar-refractivity contribution is 0.348. The second-order valence-corrected chi connectivity index (χ2v) is 3.08. The molecule has 1 rings (SSSR count). The molecule has 0 saturated carbocycles. The van der Waals surface area contributed by atoms with E-state index in [1.54, 1.807) is 26.4 Å². The predicted molar refractivity (Wildman–Crippen MR) is 51.8 cm³/mol. The Bertz CT molecular complexity index is 289. The summed E-state index contributed by atoms with van der Waals surface area (Å²) in [5, 5.41) is 0.581. The molecule has 0 radical (unpaired) electrons. The fourth-order valence-corrected chi connectivity index (χ4v) is 1.54. The molecule has 0 heterocycles. The van der Waals surface area contributed by atoms with Gasteiger partial charge in [-0.2, -0.15) is 0 Å². The molecule has 12 heavy (non-hydrogen) atoms. The van der Waals surface area contributed by atoms with Crippen LogP contribution in [0.25, 0.3) is 0 Å². The highest BCUT2D eigenvalue weighted by molar-refractivity contribution is 7.80. The van der Waals surface area contributed by atoms with Gasteiger partial charge in [-0.1, -0.05) is 11.6 Å². The number of methoxy groups -OCH3 is 2. The number of benzene rings is 1. The van der Waals surface area contributed by atoms with Crippen molar-refractivity contribution in [2.24, 2.45) is 0 Å². The molecule has 0 saturated heterocycles. The predicted octanol–water partition coefficient (Wildman–Crippen LogP) is 2.65. The third kappa shape index (κ3) is 1.79. The quantitative estimate of drug-likeness (QED) is 0.747. The van der Waals surface area contributed by atoms with Crippen LogP contribution >= 0.6 is 24.2 Å². The zero-order valence-electron chi connectivity index (χ0n) is 6.80. The molecule has 0 atom stereocenters. The van der Waals surface area contributed by atoms with Crippen molar-refractivity contribution in [2.45, 2.75) is 4.90 Å². The number of hydrogen-bond acceptors (Lipinski definition) is 3. The molecule has 0 aromatic heterocycles. The van der Waals surface area contributed by atoms with Crippen LogP contribution in [-0.2, 0) is 0 Å². The number of halogens is 1. The number of hydrogen-bond donors (Lipinski definition) is 1. The second-order valence-electron chi connectivity index (χ2n) is 2.16. The lowest BCUT2D eigenvalue weighted by Crippen LogP contribution is -1.91. The molecule has 0 aliphatic rings. The van der Waals surface area contributed by atoms with E-state index in [0.717, 1.165) is 0 Å². The molecule has 0 aliphatic carbocycles. The highest BCUT2D eigenvalue weighted by atomic mass is 35.5. The van der Waals surface area contributed by atoms with Gasteiger partial charge in [-0.05, 0) is 6.07 Å². The Hall–Kier alpha value is -0.540. The van der Waals surface area contributed by atoms with E-state index in [1.807, 2.05) is 0 Å². The molecule has 0 spiro atoms. The van der Waals surface area contributed by atoms with Crippen LogP contribution in [0.5, 0.6) is 11.5 Å². The first-order valence-corrected chi connectivity index (χ1v) is 4.12. The zero-order valence-corrected chi connectivity index (χ0v) is 8.45. The summed E-state index contributed by atoms with van der Waals surface area (Å²) in [5.41, 5.74) is 0. The smallest absolute Gasteiger partial charge is 0.174 e. The first-order valence-electron chi connectivity index (χ1n) is 3.29. The summed E-state index contributed by atoms with van der Waals surface area (Å²) < 4.78 is 10.1. The minimum atomic E-state index is 0.581. The monoisotopic (exact) mass is 204 g/mol. The molecule has 0 fully saturated rings. The first-order chi connectivity index (χ1) is 5.69. The van der Waals surface area contributed by atoms with Crippen LogP contribution in [-0.4, -0.2) is 14.2 Å². The molecule has 0 bridgehead atoms. The molecule has 0 N–H and O–H groups in total. The summed E-state index contributed by atoms with van der Waals surface area (Å²) in [4.78, 5) is 0.668. The summed E-state index contributed by atoms with van der Waals surface area (Å²) in [6.45, 7) is 0. The van der Waals surface area contributed by atoms with Crippen LogP contribution in [0.2, 0.25) is 5.02 Å². The van der Waals surface area contributed by atoms with Crippen molar-refractivity contribution in [3.8, 4) is 11.5 Å². The minimum absolute atomic E-state index is 0.581. The van der Waals surface area contributed by atoms with Gasteiger partial charge in [-0.25, -0.2) is 0 Å². The summed E-state index contributed by atoms with van der Waals surface area (Å²) in [6, 6.07) is 3.38. The molecule has 0 amide bonds. The lowest BCUT2D eigenvalue weighted by Gasteiger charge is -2.09. The summed E-state index contributed by atoms with van der Waals surface area (Å²) >= 11 is 9.96. The van der Waals surface area contributed by atoms with Gasteiger partial charge in [-0.15, -0.1) is 12.6 Å². The van der Waals surface area contributed by atoms with Crippen molar-refractivity contribution < 1.29 is 9.47 Å². The van der Waals surface area contributed by atoms with E-state index in [0.29, 0.717) is 21.4 Å². The van der Waals surface area contributed by atoms with Crippen LogP contribution in [0.15, 0.2) is 17.0 Å². The van der Waals surface area contributed by atoms with Crippen molar-refractivity contribution in [2.75, 3.05) is 14.2 Å². The minimum Gasteiger partial charge on any atom is -0.493 e. The third-order valence-corrected chi connectivity index (χ3v) is 1.97. The van der Waals surface area contributed by atoms with Crippen LogP contribution in [0.4, 0.5) is 0 Å². The standard InChI is InChI=1S/C8H9ClO2S/c1-10-6-3-5(9)4-7(12)8(6)11-2/h3-4,12H,1-2H3. The van der Waals surface area contributed by atoms with E-state index >= 15 is 0 Å². The summed E-state index contributed by atoms with van der Waals surface area (Å²) in [6.07, 6.45) is 0. The van der Waals surface area contributed by atoms with E-state index in [1.165, 1.54) is 0 Å². The van der Waals surface area contributed by atoms with Gasteiger partial charge in [0.25, 0.3) is 0 Å². The Morgan fingerprint density at radius 2 is 1.92 bits per heavy atom. The SMILES string of the molecule is COc1cc(Cl)cc(S)c1OC. The molecular weight excluding hydrogens is 196 g/mol. The van der Waals surface area contributed by atoms with Gasteiger partial charge in [0.15, 0.2) is 11.5 Å². The number of thiol groups is 1. The molecule has 66 valence electrons. The topological polar surface area (TPSA) is 18.5 Å². The Labute approximate surface area is 81.8 Å². The van der Waals surface area contributed by atoms with E-state index in [9.17, 15) is 0 Å². The second kappa shape index (κ2) is 3.92. The van der Waals surface area contributed by atoms with E-state index in [-0.39, 0.29) is 0 Å². The average Bonchev–Trinajstić information content (AvgIpc) is 2.03. The van der Waals surface area contributed by atoms with Gasteiger partial charge >= 0.3 is 0 Å². The molecule has 0 aliphatic heterocycles. The van der Waals surface area contributed by atoms with Gasteiger partial charge in [-0.3, -0.25) is 0 Å². The largest absolute Gasteiger partial charge is 0.493 e. The van der Waals surface area contributed by atoms with E-state index in [2.05, 4.69) is 12.6 Å². The average molecular weight is 205 g/mol. The molecule has 1 aromatic rings. The van der Waals surface area contributed by atoms with Crippen molar-refractivity contribution in [1.82, 2.24) is 0 Å². The third-order valence-electron chi connectivity index (χ3n) is 1.42. The normalized spacial score (nSPS) is 9.67. The van der Waals surface area contributed by atoms with Crippen molar-refractivity contribution in [3.63, 3.8) is 0 Å². The van der Waals surface area contributed by atoms with Gasteiger partial charge in [0.05, 0.1) is 19.1 Å². The Morgan fingerprint density at radius 1 is 1.25 bits per heavy atom. The van der Waals surface area contributed by atoms with Crippen LogP contribution in [0, 0.1) is 0 Å². The maximum atomic E-state index is 5.77. The first kappa shape index (κ1) is 9.55. The highest BCUT2D eigenvalue weighted by Gasteiger charge is 2.08. The number of ether oxygens (including phenoxy) is 2. The molecule has 2 nitrogen and oxygen atoms in total. The van der Waals surface area contributed by atoms with Gasteiger partial charge in [0.2, 0.25) is 0 Å². The Kier molecular flexibility index (Phi) is 3.12. The van der Waals surface area contributed by atoms with Crippen molar-refractivity contribution >= 4 is 24.2 Å². The maximum Gasteiger partial charge on any atom is 0.174 e. The van der Waals surface area contributed by atoms with Crippen molar-refractivity contribution in [3.05, 3.63) is 17.2 Å². The summed E-state index contributed by atoms with van der Waals surface area (Å²) in [5.74, 6) is 1.19. The van der Waals surface area contributed by atoms with Gasteiger partial charge < -0.3 is 9.47 Å². The molecule has 4 heteroatoms. The fourth-order valence-electron chi connectivity index (χ4n) is 0.912. The van der Waals surface area contributed by atoms with Crippen LogP contribution < -0.4 is 9.47 Å². The van der Waals surface area contributed by atoms with Crippen molar-refractivity contribution in [1.29, 1.82) is 0 Å². The van der Waals surface area contributed by atoms with Crippen LogP contribution in [0.1, 0.15) is 0 Å². The Balaban J connectivity index is 3.24. The maximum absolute atomic E-state index is 5.77. The lowest BCUT2D eigenvalue weighted by atomic mass is 10.3. The highest BCUT2D eigenvalue weighted by Crippen LogP contribution is 2.36.